The minimum absolute atomic E-state index is 0.430. The highest BCUT2D eigenvalue weighted by Crippen LogP contribution is 2.38. The number of fused-ring (bicyclic) bond motifs is 1. The van der Waals surface area contributed by atoms with Gasteiger partial charge in [0.15, 0.2) is 11.5 Å². The van der Waals surface area contributed by atoms with Gasteiger partial charge in [-0.1, -0.05) is 6.07 Å². The quantitative estimate of drug-likeness (QED) is 0.855. The number of nitrogens with one attached hydrogen (secondary N) is 1. The largest absolute Gasteiger partial charge is 0.493 e. The standard InChI is InChI=1S/C16H18N4O4/c1-9-13(15(21)24-4)14(20-16(19-9)17-8-18-20)10-5-6-11(22-2)12(7-10)23-3/h5-8,14H,1-4H3,(H,17,18,19)/t14-/m1/s1. The molecule has 0 radical (unpaired) electrons. The van der Waals surface area contributed by atoms with Gasteiger partial charge in [0.1, 0.15) is 12.4 Å². The van der Waals surface area contributed by atoms with E-state index in [9.17, 15) is 4.79 Å². The molecule has 0 saturated heterocycles. The maximum absolute atomic E-state index is 12.3. The third-order valence-corrected chi connectivity index (χ3v) is 3.92. The number of aromatic nitrogens is 3. The van der Waals surface area contributed by atoms with Crippen molar-refractivity contribution < 1.29 is 19.0 Å². The van der Waals surface area contributed by atoms with Crippen molar-refractivity contribution in [1.29, 1.82) is 0 Å². The fraction of sp³-hybridized carbons (Fsp3) is 0.312. The van der Waals surface area contributed by atoms with Crippen LogP contribution in [0.25, 0.3) is 0 Å². The number of rotatable bonds is 4. The topological polar surface area (TPSA) is 87.5 Å². The highest BCUT2D eigenvalue weighted by atomic mass is 16.5. The Kier molecular flexibility index (Phi) is 4.11. The Hall–Kier alpha value is -3.03. The second-order valence-electron chi connectivity index (χ2n) is 5.20. The fourth-order valence-electron chi connectivity index (χ4n) is 2.80. The fourth-order valence-corrected chi connectivity index (χ4v) is 2.80. The molecule has 1 aliphatic rings. The highest BCUT2D eigenvalue weighted by molar-refractivity contribution is 5.92. The monoisotopic (exact) mass is 330 g/mol. The summed E-state index contributed by atoms with van der Waals surface area (Å²) in [7, 11) is 4.49. The molecule has 0 unspecified atom stereocenters. The van der Waals surface area contributed by atoms with Crippen LogP contribution in [0, 0.1) is 0 Å². The van der Waals surface area contributed by atoms with Gasteiger partial charge in [-0.05, 0) is 24.6 Å². The van der Waals surface area contributed by atoms with Crippen LogP contribution in [-0.2, 0) is 9.53 Å². The van der Waals surface area contributed by atoms with Gasteiger partial charge in [-0.2, -0.15) is 10.1 Å². The lowest BCUT2D eigenvalue weighted by molar-refractivity contribution is -0.136. The summed E-state index contributed by atoms with van der Waals surface area (Å²) in [5.74, 6) is 1.30. The summed E-state index contributed by atoms with van der Waals surface area (Å²) < 4.78 is 17.2. The Morgan fingerprint density at radius 2 is 1.96 bits per heavy atom. The molecule has 126 valence electrons. The maximum Gasteiger partial charge on any atom is 0.338 e. The molecule has 0 fully saturated rings. The molecule has 3 rings (SSSR count). The van der Waals surface area contributed by atoms with Gasteiger partial charge in [-0.15, -0.1) is 0 Å². The molecular weight excluding hydrogens is 312 g/mol. The van der Waals surface area contributed by atoms with Crippen molar-refractivity contribution in [1.82, 2.24) is 14.8 Å². The average molecular weight is 330 g/mol. The third-order valence-electron chi connectivity index (χ3n) is 3.92. The summed E-state index contributed by atoms with van der Waals surface area (Å²) in [6, 6.07) is 4.99. The molecule has 24 heavy (non-hydrogen) atoms. The van der Waals surface area contributed by atoms with Crippen LogP contribution in [0.5, 0.6) is 11.5 Å². The number of carbonyl (C=O) groups is 1. The van der Waals surface area contributed by atoms with Crippen LogP contribution in [0.4, 0.5) is 5.95 Å². The lowest BCUT2D eigenvalue weighted by Gasteiger charge is -2.28. The van der Waals surface area contributed by atoms with Crippen LogP contribution in [0.2, 0.25) is 0 Å². The lowest BCUT2D eigenvalue weighted by atomic mass is 9.95. The predicted octanol–water partition coefficient (Wildman–Crippen LogP) is 1.76. The Labute approximate surface area is 139 Å². The number of anilines is 1. The van der Waals surface area contributed by atoms with E-state index in [1.54, 1.807) is 31.9 Å². The van der Waals surface area contributed by atoms with Crippen LogP contribution >= 0.6 is 0 Å². The molecule has 1 N–H and O–H groups in total. The number of hydrogen-bond donors (Lipinski definition) is 1. The summed E-state index contributed by atoms with van der Waals surface area (Å²) in [5, 5.41) is 7.31. The van der Waals surface area contributed by atoms with Gasteiger partial charge in [-0.25, -0.2) is 9.48 Å². The van der Waals surface area contributed by atoms with Gasteiger partial charge in [-0.3, -0.25) is 0 Å². The van der Waals surface area contributed by atoms with Crippen LogP contribution < -0.4 is 14.8 Å². The van der Waals surface area contributed by atoms with Crippen molar-refractivity contribution in [2.45, 2.75) is 13.0 Å². The van der Waals surface area contributed by atoms with E-state index in [0.717, 1.165) is 5.56 Å². The normalized spacial score (nSPS) is 16.2. The zero-order valence-electron chi connectivity index (χ0n) is 13.9. The van der Waals surface area contributed by atoms with Crippen molar-refractivity contribution in [3.8, 4) is 11.5 Å². The first-order valence-corrected chi connectivity index (χ1v) is 7.28. The average Bonchev–Trinajstić information content (AvgIpc) is 3.07. The Morgan fingerprint density at radius 3 is 2.62 bits per heavy atom. The number of nitrogens with zero attached hydrogens (tertiary/aromatic N) is 3. The van der Waals surface area contributed by atoms with E-state index in [-0.39, 0.29) is 0 Å². The molecule has 1 aromatic heterocycles. The molecule has 1 aromatic carbocycles. The van der Waals surface area contributed by atoms with Crippen molar-refractivity contribution in [3.05, 3.63) is 41.4 Å². The first-order valence-electron chi connectivity index (χ1n) is 7.28. The van der Waals surface area contributed by atoms with E-state index in [4.69, 9.17) is 14.2 Å². The first kappa shape index (κ1) is 15.9. The van der Waals surface area contributed by atoms with Crippen molar-refractivity contribution in [2.24, 2.45) is 0 Å². The van der Waals surface area contributed by atoms with E-state index in [1.807, 2.05) is 12.1 Å². The van der Waals surface area contributed by atoms with Crippen molar-refractivity contribution >= 4 is 11.9 Å². The molecule has 1 atom stereocenters. The lowest BCUT2D eigenvalue weighted by Crippen LogP contribution is -2.29. The van der Waals surface area contributed by atoms with E-state index >= 15 is 0 Å². The number of methoxy groups -OCH3 is 3. The number of ether oxygens (including phenoxy) is 3. The zero-order valence-corrected chi connectivity index (χ0v) is 13.9. The number of hydrogen-bond acceptors (Lipinski definition) is 7. The van der Waals surface area contributed by atoms with Crippen LogP contribution in [0.3, 0.4) is 0 Å². The minimum Gasteiger partial charge on any atom is -0.493 e. The maximum atomic E-state index is 12.3. The Bertz CT molecular complexity index is 812. The first-order chi connectivity index (χ1) is 11.6. The zero-order chi connectivity index (χ0) is 17.3. The van der Waals surface area contributed by atoms with E-state index in [1.165, 1.54) is 13.4 Å². The van der Waals surface area contributed by atoms with Crippen LogP contribution in [0.1, 0.15) is 18.5 Å². The summed E-state index contributed by atoms with van der Waals surface area (Å²) in [4.78, 5) is 16.5. The summed E-state index contributed by atoms with van der Waals surface area (Å²) in [5.41, 5.74) is 1.94. The van der Waals surface area contributed by atoms with E-state index in [2.05, 4.69) is 15.4 Å². The smallest absolute Gasteiger partial charge is 0.338 e. The second-order valence-corrected chi connectivity index (χ2v) is 5.20. The number of esters is 1. The molecule has 1 aliphatic heterocycles. The molecule has 0 amide bonds. The second kappa shape index (κ2) is 6.23. The molecule has 2 aromatic rings. The Morgan fingerprint density at radius 1 is 1.21 bits per heavy atom. The molecule has 0 bridgehead atoms. The van der Waals surface area contributed by atoms with Crippen molar-refractivity contribution in [3.63, 3.8) is 0 Å². The molecule has 0 saturated carbocycles. The SMILES string of the molecule is COC(=O)C1=C(C)Nc2ncnn2[C@@H]1c1ccc(OC)c(OC)c1. The predicted molar refractivity (Wildman–Crippen MR) is 86.0 cm³/mol. The minimum atomic E-state index is -0.476. The van der Waals surface area contributed by atoms with Gasteiger partial charge in [0.2, 0.25) is 5.95 Å². The van der Waals surface area contributed by atoms with Gasteiger partial charge in [0.25, 0.3) is 0 Å². The molecular formula is C16H18N4O4. The molecule has 8 nitrogen and oxygen atoms in total. The van der Waals surface area contributed by atoms with E-state index in [0.29, 0.717) is 28.7 Å². The molecule has 0 spiro atoms. The van der Waals surface area contributed by atoms with Gasteiger partial charge < -0.3 is 19.5 Å². The van der Waals surface area contributed by atoms with Crippen LogP contribution in [-0.4, -0.2) is 42.1 Å². The molecule has 8 heteroatoms. The third kappa shape index (κ3) is 2.45. The van der Waals surface area contributed by atoms with Crippen molar-refractivity contribution in [2.75, 3.05) is 26.6 Å². The van der Waals surface area contributed by atoms with Crippen LogP contribution in [0.15, 0.2) is 35.8 Å². The van der Waals surface area contributed by atoms with Gasteiger partial charge >= 0.3 is 5.97 Å². The number of allylic oxidation sites excluding steroid dienone is 1. The highest BCUT2D eigenvalue weighted by Gasteiger charge is 2.34. The number of carbonyl (C=O) groups excluding carboxylic acids is 1. The van der Waals surface area contributed by atoms with E-state index < -0.39 is 12.0 Å². The summed E-state index contributed by atoms with van der Waals surface area (Å²) in [6.07, 6.45) is 1.43. The molecule has 0 aliphatic carbocycles. The number of benzene rings is 1. The molecule has 2 heterocycles. The summed E-state index contributed by atoms with van der Waals surface area (Å²) >= 11 is 0. The van der Waals surface area contributed by atoms with Gasteiger partial charge in [0, 0.05) is 5.70 Å². The van der Waals surface area contributed by atoms with Gasteiger partial charge in [0.05, 0.1) is 26.9 Å². The summed E-state index contributed by atoms with van der Waals surface area (Å²) in [6.45, 7) is 1.80. The Balaban J connectivity index is 2.18.